The van der Waals surface area contributed by atoms with Crippen molar-refractivity contribution in [3.63, 3.8) is 0 Å². The van der Waals surface area contributed by atoms with E-state index in [0.29, 0.717) is 32.7 Å². The summed E-state index contributed by atoms with van der Waals surface area (Å²) in [5, 5.41) is 12.8. The molecule has 1 aliphatic heterocycles. The first-order valence-electron chi connectivity index (χ1n) is 9.63. The topological polar surface area (TPSA) is 157 Å². The van der Waals surface area contributed by atoms with Crippen LogP contribution in [0.1, 0.15) is 17.3 Å². The van der Waals surface area contributed by atoms with Crippen LogP contribution in [-0.4, -0.2) is 43.0 Å². The minimum atomic E-state index is -1.40. The number of nitrogens with zero attached hydrogens (tertiary/aromatic N) is 4. The molecule has 2 aromatic carbocycles. The van der Waals surface area contributed by atoms with Crippen LogP contribution in [0.4, 0.5) is 11.5 Å². The number of carbonyl (C=O) groups excluding carboxylic acids is 2. The predicted molar refractivity (Wildman–Crippen MR) is 132 cm³/mol. The Morgan fingerprint density at radius 2 is 1.68 bits per heavy atom. The monoisotopic (exact) mass is 519 g/mol. The molecule has 176 valence electrons. The van der Waals surface area contributed by atoms with Gasteiger partial charge in [-0.3, -0.25) is 14.3 Å². The highest BCUT2D eigenvalue weighted by molar-refractivity contribution is 7.86. The third kappa shape index (κ3) is 6.35. The van der Waals surface area contributed by atoms with E-state index in [-0.39, 0.29) is 5.15 Å². The Hall–Kier alpha value is -3.38. The summed E-state index contributed by atoms with van der Waals surface area (Å²) in [5.41, 5.74) is 12.5. The Kier molecular flexibility index (Phi) is 8.29. The Morgan fingerprint density at radius 1 is 1.03 bits per heavy atom. The molecule has 2 heterocycles. The number of imide groups is 1. The summed E-state index contributed by atoms with van der Waals surface area (Å²) in [7, 11) is -1.40. The number of anilines is 2. The third-order valence-corrected chi connectivity index (χ3v) is 5.94. The summed E-state index contributed by atoms with van der Waals surface area (Å²) in [6, 6.07) is 15.3. The van der Waals surface area contributed by atoms with Gasteiger partial charge in [0, 0.05) is 16.3 Å². The summed E-state index contributed by atoms with van der Waals surface area (Å²) in [6.45, 7) is 1.61. The molecule has 2 unspecified atom stereocenters. The molecule has 3 aromatic rings. The first-order chi connectivity index (χ1) is 16.2. The number of hydrogen-bond acceptors (Lipinski definition) is 8. The lowest BCUT2D eigenvalue weighted by atomic mass is 10.2. The number of nitrogen functional groups attached to an aromatic ring is 1. The largest absolute Gasteiger partial charge is 0.399 e. The molecule has 10 nitrogen and oxygen atoms in total. The molecule has 0 bridgehead atoms. The molecule has 13 heteroatoms. The number of amides is 2. The number of carbonyl (C=O) groups is 2. The molecule has 0 spiro atoms. The molecule has 2 atom stereocenters. The van der Waals surface area contributed by atoms with Gasteiger partial charge in [-0.1, -0.05) is 23.2 Å². The summed E-state index contributed by atoms with van der Waals surface area (Å²) >= 11 is 11.3. The van der Waals surface area contributed by atoms with Gasteiger partial charge in [-0.25, -0.2) is 4.21 Å². The summed E-state index contributed by atoms with van der Waals surface area (Å²) in [6.07, 6.45) is 0. The number of aromatic nitrogens is 2. The zero-order valence-corrected chi connectivity index (χ0v) is 20.0. The third-order valence-electron chi connectivity index (χ3n) is 4.39. The highest BCUT2D eigenvalue weighted by Gasteiger charge is 2.35. The number of halogens is 2. The minimum Gasteiger partial charge on any atom is -0.399 e. The molecule has 5 N–H and O–H groups in total. The van der Waals surface area contributed by atoms with Crippen molar-refractivity contribution >= 4 is 63.2 Å². The second kappa shape index (κ2) is 11.2. The molecule has 0 aliphatic carbocycles. The van der Waals surface area contributed by atoms with Crippen molar-refractivity contribution < 1.29 is 13.8 Å². The van der Waals surface area contributed by atoms with Crippen LogP contribution in [0, 0.1) is 0 Å². The molecule has 1 aromatic heterocycles. The second-order valence-corrected chi connectivity index (χ2v) is 8.90. The van der Waals surface area contributed by atoms with Crippen LogP contribution in [0.5, 0.6) is 0 Å². The zero-order chi connectivity index (χ0) is 24.8. The van der Waals surface area contributed by atoms with Gasteiger partial charge >= 0.3 is 0 Å². The van der Waals surface area contributed by atoms with Gasteiger partial charge in [0.05, 0.1) is 10.6 Å². The summed E-state index contributed by atoms with van der Waals surface area (Å²) in [4.78, 5) is 24.2. The van der Waals surface area contributed by atoms with Gasteiger partial charge in [0.2, 0.25) is 0 Å². The van der Waals surface area contributed by atoms with Gasteiger partial charge in [-0.2, -0.15) is 10.1 Å². The highest BCUT2D eigenvalue weighted by atomic mass is 35.5. The van der Waals surface area contributed by atoms with E-state index in [2.05, 4.69) is 20.0 Å². The summed E-state index contributed by atoms with van der Waals surface area (Å²) in [5.74, 6) is -0.619. The van der Waals surface area contributed by atoms with E-state index in [1.165, 1.54) is 12.1 Å². The van der Waals surface area contributed by atoms with E-state index in [9.17, 15) is 13.8 Å². The fraction of sp³-hybridized carbons (Fsp3) is 0.0952. The number of hydrazone groups is 1. The van der Waals surface area contributed by atoms with Crippen LogP contribution >= 0.6 is 23.2 Å². The Morgan fingerprint density at radius 3 is 2.21 bits per heavy atom. The van der Waals surface area contributed by atoms with E-state index < -0.39 is 28.8 Å². The van der Waals surface area contributed by atoms with Gasteiger partial charge in [0.25, 0.3) is 11.8 Å². The molecular formula is C21H19Cl2N7O3S. The van der Waals surface area contributed by atoms with Gasteiger partial charge < -0.3 is 11.5 Å². The smallest absolute Gasteiger partial charge is 0.281 e. The molecule has 0 saturated heterocycles. The first-order valence-corrected chi connectivity index (χ1v) is 11.5. The molecule has 2 amide bonds. The fourth-order valence-electron chi connectivity index (χ4n) is 2.56. The minimum absolute atomic E-state index is 0.286. The molecular weight excluding hydrogens is 501 g/mol. The lowest BCUT2D eigenvalue weighted by Gasteiger charge is -2.10. The van der Waals surface area contributed by atoms with Crippen molar-refractivity contribution in [3.8, 4) is 0 Å². The predicted octanol–water partition coefficient (Wildman–Crippen LogP) is 2.87. The number of benzene rings is 2. The van der Waals surface area contributed by atoms with E-state index >= 15 is 0 Å². The lowest BCUT2D eigenvalue weighted by molar-refractivity contribution is -0.127. The quantitative estimate of drug-likeness (QED) is 0.353. The lowest BCUT2D eigenvalue weighted by Crippen LogP contribution is -2.40. The van der Waals surface area contributed by atoms with E-state index in [4.69, 9.17) is 34.7 Å². The number of nitrogens with one attached hydrogen (secondary N) is 1. The van der Waals surface area contributed by atoms with Crippen molar-refractivity contribution in [2.45, 2.75) is 17.9 Å². The standard InChI is InChI=1S/C11H10ClN3O2.C10H9ClN4OS/c1-6-9(13)11(17)15(14-6)10(16)7-2-4-8(12)5-3-7;11-9-5-6-10(14-13-9)15-17(16)8-3-1-7(12)2-4-8/h2-5,9H,13H2,1H3;1-6H,12H2,(H,14,15). The van der Waals surface area contributed by atoms with Gasteiger partial charge in [-0.15, -0.1) is 10.2 Å². The number of rotatable bonds is 4. The SMILES string of the molecule is CC1=NN(C(=O)c2ccc(Cl)cc2)C(=O)C1N.Nc1ccc(S(=O)Nc2ccc(Cl)nn2)cc1. The van der Waals surface area contributed by atoms with Gasteiger partial charge in [0.15, 0.2) is 22.0 Å². The number of nitrogens with two attached hydrogens (primary N) is 2. The summed E-state index contributed by atoms with van der Waals surface area (Å²) < 4.78 is 14.6. The van der Waals surface area contributed by atoms with Crippen molar-refractivity contribution in [1.82, 2.24) is 15.2 Å². The van der Waals surface area contributed by atoms with Crippen molar-refractivity contribution in [1.29, 1.82) is 0 Å². The van der Waals surface area contributed by atoms with Gasteiger partial charge in [-0.05, 0) is 67.6 Å². The van der Waals surface area contributed by atoms with Crippen LogP contribution in [0.25, 0.3) is 0 Å². The van der Waals surface area contributed by atoms with Crippen molar-refractivity contribution in [2.75, 3.05) is 10.5 Å². The van der Waals surface area contributed by atoms with Crippen LogP contribution in [-0.2, 0) is 15.8 Å². The maximum absolute atomic E-state index is 12.0. The Bertz CT molecular complexity index is 1240. The maximum Gasteiger partial charge on any atom is 0.281 e. The average molecular weight is 520 g/mol. The van der Waals surface area contributed by atoms with E-state index in [0.717, 1.165) is 5.01 Å². The van der Waals surface area contributed by atoms with Crippen LogP contribution < -0.4 is 16.2 Å². The zero-order valence-electron chi connectivity index (χ0n) is 17.7. The average Bonchev–Trinajstić information content (AvgIpc) is 3.08. The molecule has 1 aliphatic rings. The van der Waals surface area contributed by atoms with Gasteiger partial charge in [0.1, 0.15) is 6.04 Å². The van der Waals surface area contributed by atoms with Crippen LogP contribution in [0.3, 0.4) is 0 Å². The normalized spacial score (nSPS) is 15.8. The maximum atomic E-state index is 12.0. The molecule has 0 radical (unpaired) electrons. The van der Waals surface area contributed by atoms with E-state index in [1.807, 2.05) is 0 Å². The Labute approximate surface area is 207 Å². The first kappa shape index (κ1) is 25.2. The molecule has 0 fully saturated rings. The number of hydrogen-bond donors (Lipinski definition) is 3. The molecule has 0 saturated carbocycles. The van der Waals surface area contributed by atoms with Crippen molar-refractivity contribution in [2.24, 2.45) is 10.8 Å². The van der Waals surface area contributed by atoms with E-state index in [1.54, 1.807) is 55.5 Å². The van der Waals surface area contributed by atoms with Crippen molar-refractivity contribution in [3.05, 3.63) is 76.4 Å². The molecule has 34 heavy (non-hydrogen) atoms. The second-order valence-electron chi connectivity index (χ2n) is 6.86. The molecule has 4 rings (SSSR count). The fourth-order valence-corrected chi connectivity index (χ4v) is 3.58. The Balaban J connectivity index is 0.000000191. The van der Waals surface area contributed by atoms with Crippen LogP contribution in [0.15, 0.2) is 70.7 Å². The highest BCUT2D eigenvalue weighted by Crippen LogP contribution is 2.16. The van der Waals surface area contributed by atoms with Crippen LogP contribution in [0.2, 0.25) is 10.2 Å².